The van der Waals surface area contributed by atoms with Gasteiger partial charge in [0.2, 0.25) is 5.95 Å². The van der Waals surface area contributed by atoms with Gasteiger partial charge in [-0.15, -0.1) is 0 Å². The molecule has 8 heteroatoms. The zero-order valence-electron chi connectivity index (χ0n) is 13.5. The second-order valence-electron chi connectivity index (χ2n) is 5.03. The van der Waals surface area contributed by atoms with E-state index in [0.717, 1.165) is 11.4 Å². The Bertz CT molecular complexity index is 686. The Kier molecular flexibility index (Phi) is 6.07. The molecule has 0 spiro atoms. The highest BCUT2D eigenvalue weighted by molar-refractivity contribution is 5.85. The number of anilines is 1. The Balaban J connectivity index is 1.68. The van der Waals surface area contributed by atoms with Crippen molar-refractivity contribution in [1.82, 2.24) is 20.7 Å². The molecular weight excluding hydrogens is 310 g/mol. The number of nitrogens with one attached hydrogen (secondary N) is 3. The van der Waals surface area contributed by atoms with Crippen LogP contribution in [0.15, 0.2) is 36.4 Å². The summed E-state index contributed by atoms with van der Waals surface area (Å²) in [5.41, 5.74) is 6.58. The molecule has 24 heavy (non-hydrogen) atoms. The van der Waals surface area contributed by atoms with Gasteiger partial charge in [-0.3, -0.25) is 20.4 Å². The van der Waals surface area contributed by atoms with Crippen LogP contribution in [0.25, 0.3) is 0 Å². The maximum atomic E-state index is 11.7. The van der Waals surface area contributed by atoms with Gasteiger partial charge in [-0.2, -0.15) is 0 Å². The number of hydrogen-bond acceptors (Lipinski definition) is 6. The summed E-state index contributed by atoms with van der Waals surface area (Å²) in [5.74, 6) is 0.0628. The van der Waals surface area contributed by atoms with Crippen LogP contribution < -0.4 is 20.9 Å². The normalized spacial score (nSPS) is 9.92. The molecule has 0 fully saturated rings. The van der Waals surface area contributed by atoms with E-state index in [2.05, 4.69) is 26.1 Å². The number of carbonyl (C=O) groups is 2. The highest BCUT2D eigenvalue weighted by Gasteiger charge is 2.07. The number of amides is 2. The van der Waals surface area contributed by atoms with Crippen LogP contribution in [0.3, 0.4) is 0 Å². The molecule has 0 aliphatic rings. The minimum Gasteiger partial charge on any atom is -0.484 e. The molecule has 1 aromatic carbocycles. The predicted octanol–water partition coefficient (Wildman–Crippen LogP) is 0.732. The lowest BCUT2D eigenvalue weighted by molar-refractivity contribution is -0.127. The van der Waals surface area contributed by atoms with Crippen molar-refractivity contribution in [2.24, 2.45) is 0 Å². The molecule has 0 bridgehead atoms. The van der Waals surface area contributed by atoms with E-state index in [4.69, 9.17) is 4.74 Å². The minimum atomic E-state index is -0.425. The van der Waals surface area contributed by atoms with Crippen LogP contribution in [0.2, 0.25) is 0 Å². The molecule has 0 aliphatic heterocycles. The highest BCUT2D eigenvalue weighted by Crippen LogP contribution is 2.07. The number of aryl methyl sites for hydroxylation is 2. The molecule has 2 aromatic rings. The molecule has 0 saturated heterocycles. The number of carbonyl (C=O) groups excluding carboxylic acids is 2. The Morgan fingerprint density at radius 2 is 1.71 bits per heavy atom. The van der Waals surface area contributed by atoms with Crippen LogP contribution >= 0.6 is 0 Å². The summed E-state index contributed by atoms with van der Waals surface area (Å²) in [4.78, 5) is 31.5. The molecule has 1 heterocycles. The minimum absolute atomic E-state index is 0.162. The molecule has 0 saturated carbocycles. The van der Waals surface area contributed by atoms with Gasteiger partial charge < -0.3 is 10.1 Å². The monoisotopic (exact) mass is 329 g/mol. The lowest BCUT2D eigenvalue weighted by atomic mass is 10.3. The lowest BCUT2D eigenvalue weighted by Gasteiger charge is -2.09. The summed E-state index contributed by atoms with van der Waals surface area (Å²) in [6, 6.07) is 10.8. The number of hydrogen-bond donors (Lipinski definition) is 3. The molecule has 2 amide bonds. The van der Waals surface area contributed by atoms with E-state index < -0.39 is 11.8 Å². The zero-order valence-corrected chi connectivity index (χ0v) is 13.5. The zero-order chi connectivity index (χ0) is 17.4. The van der Waals surface area contributed by atoms with E-state index in [9.17, 15) is 9.59 Å². The van der Waals surface area contributed by atoms with Gasteiger partial charge in [-0.05, 0) is 32.0 Å². The van der Waals surface area contributed by atoms with Crippen LogP contribution in [0.5, 0.6) is 5.75 Å². The van der Waals surface area contributed by atoms with Gasteiger partial charge >= 0.3 is 0 Å². The first kappa shape index (κ1) is 17.2. The fourth-order valence-electron chi connectivity index (χ4n) is 1.85. The number of para-hydroxylation sites is 1. The summed E-state index contributed by atoms with van der Waals surface area (Å²) in [6.07, 6.45) is 0. The smallest absolute Gasteiger partial charge is 0.258 e. The van der Waals surface area contributed by atoms with Gasteiger partial charge in [0.25, 0.3) is 11.8 Å². The summed E-state index contributed by atoms with van der Waals surface area (Å²) in [5, 5.41) is 2.45. The molecule has 0 radical (unpaired) electrons. The van der Waals surface area contributed by atoms with Crippen molar-refractivity contribution in [3.8, 4) is 5.75 Å². The fraction of sp³-hybridized carbons (Fsp3) is 0.250. The Labute approximate surface area is 139 Å². The van der Waals surface area contributed by atoms with Crippen molar-refractivity contribution in [2.45, 2.75) is 13.8 Å². The van der Waals surface area contributed by atoms with Crippen molar-refractivity contribution in [3.63, 3.8) is 0 Å². The number of hydrazine groups is 1. The number of ether oxygens (including phenoxy) is 1. The van der Waals surface area contributed by atoms with Gasteiger partial charge in [0, 0.05) is 11.4 Å². The molecule has 126 valence electrons. The Morgan fingerprint density at radius 3 is 2.38 bits per heavy atom. The Morgan fingerprint density at radius 1 is 1.04 bits per heavy atom. The molecule has 8 nitrogen and oxygen atoms in total. The number of aromatic nitrogens is 2. The summed E-state index contributed by atoms with van der Waals surface area (Å²) >= 11 is 0. The summed E-state index contributed by atoms with van der Waals surface area (Å²) in [7, 11) is 0. The van der Waals surface area contributed by atoms with Crippen LogP contribution in [-0.2, 0) is 9.59 Å². The van der Waals surface area contributed by atoms with E-state index >= 15 is 0 Å². The van der Waals surface area contributed by atoms with Crippen molar-refractivity contribution in [3.05, 3.63) is 47.8 Å². The van der Waals surface area contributed by atoms with Crippen LogP contribution in [0.1, 0.15) is 11.4 Å². The summed E-state index contributed by atoms with van der Waals surface area (Å²) < 4.78 is 5.28. The maximum absolute atomic E-state index is 11.7. The topological polar surface area (TPSA) is 105 Å². The standard InChI is InChI=1S/C16H19N5O3/c1-11-8-12(2)19-16(18-11)21-20-14(22)9-17-15(23)10-24-13-6-4-3-5-7-13/h3-8H,9-10H2,1-2H3,(H,17,23)(H,20,22)(H,18,19,21). The molecule has 0 atom stereocenters. The first-order valence-corrected chi connectivity index (χ1v) is 7.34. The van der Waals surface area contributed by atoms with Gasteiger partial charge in [-0.1, -0.05) is 18.2 Å². The Hall–Kier alpha value is -3.16. The molecule has 3 N–H and O–H groups in total. The van der Waals surface area contributed by atoms with E-state index in [0.29, 0.717) is 11.7 Å². The van der Waals surface area contributed by atoms with Crippen LogP contribution in [0.4, 0.5) is 5.95 Å². The van der Waals surface area contributed by atoms with E-state index in [1.54, 1.807) is 24.3 Å². The van der Waals surface area contributed by atoms with Crippen LogP contribution in [-0.4, -0.2) is 34.9 Å². The molecule has 0 unspecified atom stereocenters. The third-order valence-electron chi connectivity index (χ3n) is 2.86. The van der Waals surface area contributed by atoms with Crippen molar-refractivity contribution < 1.29 is 14.3 Å². The summed E-state index contributed by atoms with van der Waals surface area (Å²) in [6.45, 7) is 3.31. The van der Waals surface area contributed by atoms with Gasteiger partial charge in [0.05, 0.1) is 6.54 Å². The van der Waals surface area contributed by atoms with Gasteiger partial charge in [-0.25, -0.2) is 9.97 Å². The third kappa shape index (κ3) is 5.91. The van der Waals surface area contributed by atoms with Crippen molar-refractivity contribution >= 4 is 17.8 Å². The third-order valence-corrected chi connectivity index (χ3v) is 2.86. The fourth-order valence-corrected chi connectivity index (χ4v) is 1.85. The lowest BCUT2D eigenvalue weighted by Crippen LogP contribution is -2.41. The molecule has 1 aromatic heterocycles. The molecule has 2 rings (SSSR count). The van der Waals surface area contributed by atoms with Crippen LogP contribution in [0, 0.1) is 13.8 Å². The molecular formula is C16H19N5O3. The quantitative estimate of drug-likeness (QED) is 0.647. The average Bonchev–Trinajstić information content (AvgIpc) is 2.56. The SMILES string of the molecule is Cc1cc(C)nc(NNC(=O)CNC(=O)COc2ccccc2)n1. The van der Waals surface area contributed by atoms with Crippen molar-refractivity contribution in [2.75, 3.05) is 18.6 Å². The number of nitrogens with zero attached hydrogens (tertiary/aromatic N) is 2. The largest absolute Gasteiger partial charge is 0.484 e. The average molecular weight is 329 g/mol. The first-order chi connectivity index (χ1) is 11.5. The number of benzene rings is 1. The van der Waals surface area contributed by atoms with Gasteiger partial charge in [0.1, 0.15) is 5.75 Å². The highest BCUT2D eigenvalue weighted by atomic mass is 16.5. The first-order valence-electron chi connectivity index (χ1n) is 7.34. The predicted molar refractivity (Wildman–Crippen MR) is 88.2 cm³/mol. The van der Waals surface area contributed by atoms with E-state index in [1.807, 2.05) is 26.0 Å². The van der Waals surface area contributed by atoms with Gasteiger partial charge in [0.15, 0.2) is 6.61 Å². The second-order valence-corrected chi connectivity index (χ2v) is 5.03. The van der Waals surface area contributed by atoms with E-state index in [-0.39, 0.29) is 13.2 Å². The number of rotatable bonds is 7. The molecule has 0 aliphatic carbocycles. The second kappa shape index (κ2) is 8.47. The van der Waals surface area contributed by atoms with E-state index in [1.165, 1.54) is 0 Å². The van der Waals surface area contributed by atoms with Crippen molar-refractivity contribution in [1.29, 1.82) is 0 Å². The maximum Gasteiger partial charge on any atom is 0.258 e.